The number of anilines is 1. The Balaban J connectivity index is 1.93. The van der Waals surface area contributed by atoms with E-state index in [1.165, 1.54) is 0 Å². The number of rotatable bonds is 6. The second kappa shape index (κ2) is 6.50. The Kier molecular flexibility index (Phi) is 4.71. The summed E-state index contributed by atoms with van der Waals surface area (Å²) in [5.74, 6) is 1.46. The highest BCUT2D eigenvalue weighted by Crippen LogP contribution is 2.34. The van der Waals surface area contributed by atoms with Crippen LogP contribution in [0.2, 0.25) is 0 Å². The number of carbonyl (C=O) groups is 1. The second-order valence-corrected chi connectivity index (χ2v) is 4.96. The highest BCUT2D eigenvalue weighted by atomic mass is 16.7. The van der Waals surface area contributed by atoms with Gasteiger partial charge in [0.05, 0.1) is 0 Å². The first-order valence-corrected chi connectivity index (χ1v) is 7.10. The fourth-order valence-corrected chi connectivity index (χ4v) is 2.12. The van der Waals surface area contributed by atoms with Crippen molar-refractivity contribution in [2.75, 3.05) is 12.1 Å². The molecule has 20 heavy (non-hydrogen) atoms. The number of carbonyl (C=O) groups excluding carboxylic acids is 1. The molecule has 0 aliphatic carbocycles. The van der Waals surface area contributed by atoms with Crippen LogP contribution in [0.4, 0.5) is 5.69 Å². The van der Waals surface area contributed by atoms with Crippen molar-refractivity contribution >= 4 is 11.6 Å². The maximum Gasteiger partial charge on any atom is 0.242 e. The molecular formula is C15H22N2O3. The number of hydrogen-bond donors (Lipinski definition) is 2. The molecule has 1 aliphatic heterocycles. The average Bonchev–Trinajstić information content (AvgIpc) is 2.91. The molecule has 1 aromatic carbocycles. The summed E-state index contributed by atoms with van der Waals surface area (Å²) in [6.45, 7) is 6.25. The van der Waals surface area contributed by atoms with Crippen LogP contribution in [0.1, 0.15) is 33.6 Å². The van der Waals surface area contributed by atoms with E-state index in [2.05, 4.69) is 24.5 Å². The first-order valence-electron chi connectivity index (χ1n) is 7.10. The van der Waals surface area contributed by atoms with Gasteiger partial charge in [-0.25, -0.2) is 0 Å². The molecule has 1 aliphatic rings. The predicted molar refractivity (Wildman–Crippen MR) is 78.2 cm³/mol. The number of fused-ring (bicyclic) bond motifs is 1. The first-order chi connectivity index (χ1) is 9.63. The zero-order valence-electron chi connectivity index (χ0n) is 12.2. The molecule has 1 aromatic rings. The lowest BCUT2D eigenvalue weighted by atomic mass is 10.1. The van der Waals surface area contributed by atoms with E-state index in [1.807, 2.05) is 25.1 Å². The molecule has 0 saturated carbocycles. The molecule has 0 fully saturated rings. The van der Waals surface area contributed by atoms with Crippen molar-refractivity contribution in [3.05, 3.63) is 18.2 Å². The first kappa shape index (κ1) is 14.5. The van der Waals surface area contributed by atoms with E-state index in [-0.39, 0.29) is 24.8 Å². The van der Waals surface area contributed by atoms with Crippen LogP contribution >= 0.6 is 0 Å². The summed E-state index contributed by atoms with van der Waals surface area (Å²) in [5, 5.41) is 6.21. The minimum absolute atomic E-state index is 0.0105. The number of nitrogens with one attached hydrogen (secondary N) is 2. The molecule has 1 atom stereocenters. The standard InChI is InChI=1S/C15H22N2O3/c1-4-11(5-2)17-15(18)10(3)16-12-6-7-13-14(8-12)20-9-19-13/h6-8,10-11,16H,4-5,9H2,1-3H3,(H,17,18). The monoisotopic (exact) mass is 278 g/mol. The SMILES string of the molecule is CCC(CC)NC(=O)C(C)Nc1ccc2c(c1)OCO2. The van der Waals surface area contributed by atoms with Gasteiger partial charge in [0.1, 0.15) is 6.04 Å². The van der Waals surface area contributed by atoms with Crippen LogP contribution in [-0.4, -0.2) is 24.8 Å². The quantitative estimate of drug-likeness (QED) is 0.839. The largest absolute Gasteiger partial charge is 0.454 e. The summed E-state index contributed by atoms with van der Waals surface area (Å²) in [5.41, 5.74) is 0.849. The van der Waals surface area contributed by atoms with E-state index in [0.29, 0.717) is 5.75 Å². The van der Waals surface area contributed by atoms with Crippen LogP contribution in [0.15, 0.2) is 18.2 Å². The Bertz CT molecular complexity index is 472. The average molecular weight is 278 g/mol. The summed E-state index contributed by atoms with van der Waals surface area (Å²) in [6.07, 6.45) is 1.89. The van der Waals surface area contributed by atoms with E-state index in [9.17, 15) is 4.79 Å². The Hall–Kier alpha value is -1.91. The fourth-order valence-electron chi connectivity index (χ4n) is 2.12. The van der Waals surface area contributed by atoms with Gasteiger partial charge in [0.25, 0.3) is 0 Å². The van der Waals surface area contributed by atoms with Crippen LogP contribution < -0.4 is 20.1 Å². The zero-order valence-corrected chi connectivity index (χ0v) is 12.2. The third-order valence-electron chi connectivity index (χ3n) is 3.48. The van der Waals surface area contributed by atoms with Crippen molar-refractivity contribution in [1.82, 2.24) is 5.32 Å². The third kappa shape index (κ3) is 3.35. The summed E-state index contributed by atoms with van der Waals surface area (Å²) >= 11 is 0. The van der Waals surface area contributed by atoms with E-state index in [1.54, 1.807) is 0 Å². The molecule has 0 bridgehead atoms. The van der Waals surface area contributed by atoms with E-state index in [4.69, 9.17) is 9.47 Å². The lowest BCUT2D eigenvalue weighted by molar-refractivity contribution is -0.122. The molecule has 0 spiro atoms. The highest BCUT2D eigenvalue weighted by Gasteiger charge is 2.18. The molecule has 2 rings (SSSR count). The number of hydrogen-bond acceptors (Lipinski definition) is 4. The van der Waals surface area contributed by atoms with E-state index in [0.717, 1.165) is 24.3 Å². The van der Waals surface area contributed by atoms with Crippen molar-refractivity contribution in [3.63, 3.8) is 0 Å². The van der Waals surface area contributed by atoms with Crippen molar-refractivity contribution < 1.29 is 14.3 Å². The molecule has 0 aromatic heterocycles. The van der Waals surface area contributed by atoms with Crippen molar-refractivity contribution in [2.24, 2.45) is 0 Å². The van der Waals surface area contributed by atoms with E-state index < -0.39 is 0 Å². The summed E-state index contributed by atoms with van der Waals surface area (Å²) in [4.78, 5) is 12.1. The van der Waals surface area contributed by atoms with Gasteiger partial charge < -0.3 is 20.1 Å². The van der Waals surface area contributed by atoms with Gasteiger partial charge in [-0.2, -0.15) is 0 Å². The molecule has 0 radical (unpaired) electrons. The normalized spacial score (nSPS) is 14.2. The molecule has 5 heteroatoms. The zero-order chi connectivity index (χ0) is 14.5. The molecule has 110 valence electrons. The predicted octanol–water partition coefficient (Wildman–Crippen LogP) is 2.52. The van der Waals surface area contributed by atoms with Gasteiger partial charge in [-0.1, -0.05) is 13.8 Å². The lowest BCUT2D eigenvalue weighted by Gasteiger charge is -2.20. The molecule has 2 N–H and O–H groups in total. The van der Waals surface area contributed by atoms with Crippen molar-refractivity contribution in [1.29, 1.82) is 0 Å². The maximum absolute atomic E-state index is 12.1. The van der Waals surface area contributed by atoms with Crippen molar-refractivity contribution in [3.8, 4) is 11.5 Å². The maximum atomic E-state index is 12.1. The minimum atomic E-state index is -0.295. The van der Waals surface area contributed by atoms with Gasteiger partial charge in [-0.3, -0.25) is 4.79 Å². The lowest BCUT2D eigenvalue weighted by Crippen LogP contribution is -2.42. The molecule has 1 heterocycles. The Morgan fingerprint density at radius 1 is 1.25 bits per heavy atom. The Labute approximate surface area is 119 Å². The molecule has 0 saturated heterocycles. The van der Waals surface area contributed by atoms with Gasteiger partial charge in [-0.05, 0) is 31.9 Å². The Morgan fingerprint density at radius 3 is 2.65 bits per heavy atom. The number of amides is 1. The molecule has 5 nitrogen and oxygen atoms in total. The Morgan fingerprint density at radius 2 is 1.95 bits per heavy atom. The number of benzene rings is 1. The minimum Gasteiger partial charge on any atom is -0.454 e. The molecule has 1 unspecified atom stereocenters. The highest BCUT2D eigenvalue weighted by molar-refractivity contribution is 5.84. The van der Waals surface area contributed by atoms with E-state index >= 15 is 0 Å². The van der Waals surface area contributed by atoms with Gasteiger partial charge in [0.2, 0.25) is 12.7 Å². The van der Waals surface area contributed by atoms with Crippen LogP contribution in [0.25, 0.3) is 0 Å². The fraction of sp³-hybridized carbons (Fsp3) is 0.533. The van der Waals surface area contributed by atoms with Gasteiger partial charge >= 0.3 is 0 Å². The van der Waals surface area contributed by atoms with Gasteiger partial charge in [0, 0.05) is 17.8 Å². The molecule has 1 amide bonds. The molecular weight excluding hydrogens is 256 g/mol. The van der Waals surface area contributed by atoms with Crippen LogP contribution in [-0.2, 0) is 4.79 Å². The third-order valence-corrected chi connectivity index (χ3v) is 3.48. The van der Waals surface area contributed by atoms with Gasteiger partial charge in [-0.15, -0.1) is 0 Å². The van der Waals surface area contributed by atoms with Crippen molar-refractivity contribution in [2.45, 2.75) is 45.7 Å². The van der Waals surface area contributed by atoms with Crippen LogP contribution in [0.5, 0.6) is 11.5 Å². The smallest absolute Gasteiger partial charge is 0.242 e. The van der Waals surface area contributed by atoms with Gasteiger partial charge in [0.15, 0.2) is 11.5 Å². The van der Waals surface area contributed by atoms with Crippen LogP contribution in [0, 0.1) is 0 Å². The summed E-state index contributed by atoms with van der Waals surface area (Å²) < 4.78 is 10.6. The topological polar surface area (TPSA) is 59.6 Å². The summed E-state index contributed by atoms with van der Waals surface area (Å²) in [7, 11) is 0. The summed E-state index contributed by atoms with van der Waals surface area (Å²) in [6, 6.07) is 5.52. The number of ether oxygens (including phenoxy) is 2. The second-order valence-electron chi connectivity index (χ2n) is 4.96. The van der Waals surface area contributed by atoms with Crippen LogP contribution in [0.3, 0.4) is 0 Å².